The molecule has 2 aromatic carbocycles. The van der Waals surface area contributed by atoms with Crippen LogP contribution in [-0.4, -0.2) is 26.6 Å². The third-order valence-corrected chi connectivity index (χ3v) is 5.97. The second-order valence-electron chi connectivity index (χ2n) is 6.87. The van der Waals surface area contributed by atoms with Gasteiger partial charge in [-0.15, -0.1) is 0 Å². The van der Waals surface area contributed by atoms with Gasteiger partial charge >= 0.3 is 0 Å². The van der Waals surface area contributed by atoms with Gasteiger partial charge in [0.25, 0.3) is 0 Å². The molecule has 1 atom stereocenters. The van der Waals surface area contributed by atoms with Crippen LogP contribution in [0.1, 0.15) is 30.0 Å². The van der Waals surface area contributed by atoms with Crippen LogP contribution in [0.5, 0.6) is 0 Å². The van der Waals surface area contributed by atoms with Gasteiger partial charge in [-0.05, 0) is 56.5 Å². The Morgan fingerprint density at radius 1 is 1.04 bits per heavy atom. The second-order valence-corrected chi connectivity index (χ2v) is 9.61. The minimum absolute atomic E-state index is 0.249. The van der Waals surface area contributed by atoms with E-state index in [1.54, 1.807) is 6.92 Å². The van der Waals surface area contributed by atoms with E-state index in [4.69, 9.17) is 23.2 Å². The molecule has 0 aliphatic carbocycles. The van der Waals surface area contributed by atoms with Crippen molar-refractivity contribution in [1.82, 2.24) is 0 Å². The van der Waals surface area contributed by atoms with Crippen LogP contribution >= 0.6 is 23.2 Å². The largest absolute Gasteiger partial charge is 0.324 e. The molecule has 28 heavy (non-hydrogen) atoms. The van der Waals surface area contributed by atoms with Gasteiger partial charge in [0.15, 0.2) is 0 Å². The van der Waals surface area contributed by atoms with Crippen molar-refractivity contribution in [2.45, 2.75) is 40.2 Å². The summed E-state index contributed by atoms with van der Waals surface area (Å²) >= 11 is 12.1. The Bertz CT molecular complexity index is 963. The highest BCUT2D eigenvalue weighted by molar-refractivity contribution is 7.92. The van der Waals surface area contributed by atoms with Gasteiger partial charge in [0.1, 0.15) is 6.04 Å². The quantitative estimate of drug-likeness (QED) is 0.676. The molecule has 1 N–H and O–H groups in total. The predicted octanol–water partition coefficient (Wildman–Crippen LogP) is 5.10. The topological polar surface area (TPSA) is 66.5 Å². The highest BCUT2D eigenvalue weighted by Crippen LogP contribution is 2.30. The molecular weight excluding hydrogens is 419 g/mol. The zero-order chi connectivity index (χ0) is 21.2. The number of carbonyl (C=O) groups excluding carboxylic acids is 1. The summed E-state index contributed by atoms with van der Waals surface area (Å²) in [5.41, 5.74) is 3.85. The van der Waals surface area contributed by atoms with Crippen LogP contribution in [0.2, 0.25) is 10.0 Å². The number of amides is 1. The normalized spacial score (nSPS) is 12.5. The molecule has 0 saturated heterocycles. The average molecular weight is 443 g/mol. The smallest absolute Gasteiger partial charge is 0.248 e. The molecule has 2 rings (SSSR count). The fraction of sp³-hybridized carbons (Fsp3) is 0.350. The van der Waals surface area contributed by atoms with Crippen LogP contribution in [0.3, 0.4) is 0 Å². The van der Waals surface area contributed by atoms with Crippen molar-refractivity contribution in [2.24, 2.45) is 0 Å². The summed E-state index contributed by atoms with van der Waals surface area (Å²) in [6.45, 7) is 7.54. The number of sulfonamides is 1. The molecule has 1 unspecified atom stereocenters. The summed E-state index contributed by atoms with van der Waals surface area (Å²) in [5.74, 6) is -0.418. The first-order valence-electron chi connectivity index (χ1n) is 8.78. The fourth-order valence-electron chi connectivity index (χ4n) is 3.31. The first-order chi connectivity index (χ1) is 12.9. The molecule has 0 aromatic heterocycles. The standard InChI is InChI=1S/C20H24Cl2N2O3S/c1-6-18(20(25)23-19-13(3)7-12(2)8-14(19)4)24(28(5,26)27)17-10-15(21)9-16(22)11-17/h7-11,18H,6H2,1-5H3,(H,23,25). The minimum atomic E-state index is -3.77. The zero-order valence-corrected chi connectivity index (χ0v) is 18.8. The van der Waals surface area contributed by atoms with E-state index < -0.39 is 22.0 Å². The van der Waals surface area contributed by atoms with E-state index in [9.17, 15) is 13.2 Å². The van der Waals surface area contributed by atoms with Gasteiger partial charge in [-0.2, -0.15) is 0 Å². The van der Waals surface area contributed by atoms with E-state index in [1.165, 1.54) is 18.2 Å². The molecule has 0 heterocycles. The Morgan fingerprint density at radius 2 is 1.54 bits per heavy atom. The van der Waals surface area contributed by atoms with Gasteiger partial charge in [0, 0.05) is 15.7 Å². The van der Waals surface area contributed by atoms with Gasteiger partial charge < -0.3 is 5.32 Å². The number of aryl methyl sites for hydroxylation is 3. The molecule has 0 saturated carbocycles. The monoisotopic (exact) mass is 442 g/mol. The van der Waals surface area contributed by atoms with Crippen LogP contribution in [0.15, 0.2) is 30.3 Å². The van der Waals surface area contributed by atoms with Crippen LogP contribution in [0.4, 0.5) is 11.4 Å². The zero-order valence-electron chi connectivity index (χ0n) is 16.5. The number of hydrogen-bond acceptors (Lipinski definition) is 3. The molecule has 0 spiro atoms. The molecule has 0 fully saturated rings. The molecule has 2 aromatic rings. The van der Waals surface area contributed by atoms with Gasteiger partial charge in [-0.25, -0.2) is 8.42 Å². The van der Waals surface area contributed by atoms with Crippen molar-refractivity contribution in [2.75, 3.05) is 15.9 Å². The fourth-order valence-corrected chi connectivity index (χ4v) is 5.02. The Morgan fingerprint density at radius 3 is 1.96 bits per heavy atom. The highest BCUT2D eigenvalue weighted by Gasteiger charge is 2.32. The van der Waals surface area contributed by atoms with Crippen molar-refractivity contribution >= 4 is 50.5 Å². The Balaban J connectivity index is 2.48. The molecule has 0 bridgehead atoms. The first kappa shape index (κ1) is 22.5. The first-order valence-corrected chi connectivity index (χ1v) is 11.4. The minimum Gasteiger partial charge on any atom is -0.324 e. The average Bonchev–Trinajstić information content (AvgIpc) is 2.53. The van der Waals surface area contributed by atoms with Crippen LogP contribution in [-0.2, 0) is 14.8 Å². The summed E-state index contributed by atoms with van der Waals surface area (Å²) in [5, 5.41) is 3.47. The SMILES string of the molecule is CCC(C(=O)Nc1c(C)cc(C)cc1C)N(c1cc(Cl)cc(Cl)c1)S(C)(=O)=O. The summed E-state index contributed by atoms with van der Waals surface area (Å²) in [6.07, 6.45) is 1.33. The lowest BCUT2D eigenvalue weighted by Gasteiger charge is -2.30. The summed E-state index contributed by atoms with van der Waals surface area (Å²) in [7, 11) is -3.77. The molecule has 0 aliphatic heterocycles. The van der Waals surface area contributed by atoms with E-state index in [-0.39, 0.29) is 22.2 Å². The van der Waals surface area contributed by atoms with Gasteiger partial charge in [0.05, 0.1) is 11.9 Å². The van der Waals surface area contributed by atoms with E-state index in [1.807, 2.05) is 32.9 Å². The summed E-state index contributed by atoms with van der Waals surface area (Å²) < 4.78 is 26.2. The van der Waals surface area contributed by atoms with Crippen molar-refractivity contribution in [1.29, 1.82) is 0 Å². The maximum Gasteiger partial charge on any atom is 0.248 e. The van der Waals surface area contributed by atoms with E-state index in [2.05, 4.69) is 5.32 Å². The number of carbonyl (C=O) groups is 1. The third kappa shape index (κ3) is 5.19. The molecule has 0 radical (unpaired) electrons. The van der Waals surface area contributed by atoms with Crippen LogP contribution in [0.25, 0.3) is 0 Å². The molecule has 1 amide bonds. The van der Waals surface area contributed by atoms with Gasteiger partial charge in [-0.1, -0.05) is 47.8 Å². The van der Waals surface area contributed by atoms with Gasteiger partial charge in [0.2, 0.25) is 15.9 Å². The highest BCUT2D eigenvalue weighted by atomic mass is 35.5. The second kappa shape index (κ2) is 8.72. The molecule has 5 nitrogen and oxygen atoms in total. The number of rotatable bonds is 6. The summed E-state index contributed by atoms with van der Waals surface area (Å²) in [4.78, 5) is 13.1. The van der Waals surface area contributed by atoms with E-state index in [0.717, 1.165) is 27.3 Å². The maximum absolute atomic E-state index is 13.1. The van der Waals surface area contributed by atoms with Crippen molar-refractivity contribution < 1.29 is 13.2 Å². The molecule has 0 aliphatic rings. The summed E-state index contributed by atoms with van der Waals surface area (Å²) in [6, 6.07) is 7.44. The number of benzene rings is 2. The molecule has 152 valence electrons. The van der Waals surface area contributed by atoms with Crippen molar-refractivity contribution in [3.8, 4) is 0 Å². The number of anilines is 2. The third-order valence-electron chi connectivity index (χ3n) is 4.36. The number of hydrogen-bond donors (Lipinski definition) is 1. The number of nitrogens with one attached hydrogen (secondary N) is 1. The van der Waals surface area contributed by atoms with Crippen molar-refractivity contribution in [3.05, 3.63) is 57.1 Å². The lowest BCUT2D eigenvalue weighted by Crippen LogP contribution is -2.47. The lowest BCUT2D eigenvalue weighted by atomic mass is 10.0. The Kier molecular flexibility index (Phi) is 7.02. The predicted molar refractivity (Wildman–Crippen MR) is 117 cm³/mol. The number of nitrogens with zero attached hydrogens (tertiary/aromatic N) is 1. The number of halogens is 2. The molecule has 8 heteroatoms. The lowest BCUT2D eigenvalue weighted by molar-refractivity contribution is -0.117. The van der Waals surface area contributed by atoms with Crippen LogP contribution < -0.4 is 9.62 Å². The van der Waals surface area contributed by atoms with Gasteiger partial charge in [-0.3, -0.25) is 9.10 Å². The van der Waals surface area contributed by atoms with Crippen molar-refractivity contribution in [3.63, 3.8) is 0 Å². The van der Waals surface area contributed by atoms with Crippen LogP contribution in [0, 0.1) is 20.8 Å². The Hall–Kier alpha value is -1.76. The Labute approximate surface area is 176 Å². The van der Waals surface area contributed by atoms with E-state index in [0.29, 0.717) is 5.69 Å². The molecular formula is C20H24Cl2N2O3S. The van der Waals surface area contributed by atoms with E-state index >= 15 is 0 Å². The maximum atomic E-state index is 13.1.